The van der Waals surface area contributed by atoms with E-state index in [9.17, 15) is 8.78 Å². The van der Waals surface area contributed by atoms with Gasteiger partial charge in [0.2, 0.25) is 0 Å². The van der Waals surface area contributed by atoms with Crippen molar-refractivity contribution in [3.05, 3.63) is 70.8 Å². The van der Waals surface area contributed by atoms with Crippen LogP contribution in [0.3, 0.4) is 0 Å². The molecule has 3 heteroatoms. The first kappa shape index (κ1) is 13.3. The van der Waals surface area contributed by atoms with Gasteiger partial charge in [0.15, 0.2) is 0 Å². The summed E-state index contributed by atoms with van der Waals surface area (Å²) in [6.07, 6.45) is 1.80. The molecular formula is C17H17F2N. The monoisotopic (exact) mass is 273 g/mol. The first-order valence-corrected chi connectivity index (χ1v) is 6.88. The van der Waals surface area contributed by atoms with E-state index in [1.54, 1.807) is 7.05 Å². The second-order valence-electron chi connectivity index (χ2n) is 5.37. The Kier molecular flexibility index (Phi) is 3.53. The second kappa shape index (κ2) is 5.33. The fourth-order valence-electron chi connectivity index (χ4n) is 3.23. The van der Waals surface area contributed by atoms with E-state index >= 15 is 0 Å². The lowest BCUT2D eigenvalue weighted by atomic mass is 9.90. The van der Waals surface area contributed by atoms with Gasteiger partial charge < -0.3 is 5.32 Å². The molecule has 2 aromatic rings. The molecular weight excluding hydrogens is 256 g/mol. The highest BCUT2D eigenvalue weighted by Gasteiger charge is 2.30. The summed E-state index contributed by atoms with van der Waals surface area (Å²) in [6.45, 7) is 0. The zero-order valence-corrected chi connectivity index (χ0v) is 11.4. The molecule has 0 saturated carbocycles. The van der Waals surface area contributed by atoms with Gasteiger partial charge >= 0.3 is 0 Å². The largest absolute Gasteiger partial charge is 0.313 e. The maximum atomic E-state index is 14.0. The number of nitrogens with one attached hydrogen (secondary N) is 1. The summed E-state index contributed by atoms with van der Waals surface area (Å²) in [4.78, 5) is 0. The van der Waals surface area contributed by atoms with Gasteiger partial charge in [0.1, 0.15) is 11.6 Å². The van der Waals surface area contributed by atoms with Crippen LogP contribution >= 0.6 is 0 Å². The van der Waals surface area contributed by atoms with Crippen LogP contribution in [0.25, 0.3) is 0 Å². The second-order valence-corrected chi connectivity index (χ2v) is 5.37. The van der Waals surface area contributed by atoms with Crippen molar-refractivity contribution in [1.82, 2.24) is 5.32 Å². The lowest BCUT2D eigenvalue weighted by molar-refractivity contribution is 0.382. The molecule has 1 atom stereocenters. The van der Waals surface area contributed by atoms with Crippen LogP contribution in [0.5, 0.6) is 0 Å². The van der Waals surface area contributed by atoms with Crippen molar-refractivity contribution in [3.63, 3.8) is 0 Å². The van der Waals surface area contributed by atoms with Crippen LogP contribution in [0.2, 0.25) is 0 Å². The molecule has 0 fully saturated rings. The highest BCUT2D eigenvalue weighted by molar-refractivity contribution is 5.34. The van der Waals surface area contributed by atoms with Crippen molar-refractivity contribution in [2.24, 2.45) is 5.92 Å². The van der Waals surface area contributed by atoms with E-state index in [0.717, 1.165) is 18.9 Å². The van der Waals surface area contributed by atoms with Gasteiger partial charge in [-0.05, 0) is 55.1 Å². The van der Waals surface area contributed by atoms with E-state index in [0.29, 0.717) is 5.56 Å². The topological polar surface area (TPSA) is 12.0 Å². The highest BCUT2D eigenvalue weighted by atomic mass is 19.1. The normalized spacial score (nSPS) is 16.1. The van der Waals surface area contributed by atoms with Gasteiger partial charge in [-0.1, -0.05) is 24.3 Å². The zero-order chi connectivity index (χ0) is 14.1. The number of benzene rings is 2. The Bertz CT molecular complexity index is 599. The third-order valence-corrected chi connectivity index (χ3v) is 4.16. The van der Waals surface area contributed by atoms with E-state index < -0.39 is 5.82 Å². The fourth-order valence-corrected chi connectivity index (χ4v) is 3.23. The van der Waals surface area contributed by atoms with Crippen LogP contribution in [0.1, 0.15) is 22.7 Å². The van der Waals surface area contributed by atoms with Gasteiger partial charge in [-0.2, -0.15) is 0 Å². The van der Waals surface area contributed by atoms with E-state index in [4.69, 9.17) is 0 Å². The van der Waals surface area contributed by atoms with E-state index in [-0.39, 0.29) is 17.8 Å². The van der Waals surface area contributed by atoms with Crippen LogP contribution in [0, 0.1) is 17.6 Å². The quantitative estimate of drug-likeness (QED) is 0.900. The number of hydrogen-bond acceptors (Lipinski definition) is 1. The molecule has 1 aliphatic carbocycles. The van der Waals surface area contributed by atoms with Crippen LogP contribution in [0.4, 0.5) is 8.78 Å². The Morgan fingerprint density at radius 1 is 1.05 bits per heavy atom. The number of hydrogen-bond donors (Lipinski definition) is 1. The molecule has 0 aliphatic heterocycles. The summed E-state index contributed by atoms with van der Waals surface area (Å²) in [5.41, 5.74) is 3.05. The van der Waals surface area contributed by atoms with Gasteiger partial charge in [-0.3, -0.25) is 0 Å². The average Bonchev–Trinajstić information content (AvgIpc) is 2.87. The van der Waals surface area contributed by atoms with Crippen molar-refractivity contribution >= 4 is 0 Å². The minimum Gasteiger partial charge on any atom is -0.313 e. The molecule has 1 N–H and O–H groups in total. The van der Waals surface area contributed by atoms with Gasteiger partial charge in [-0.15, -0.1) is 0 Å². The molecule has 0 saturated heterocycles. The molecule has 0 bridgehead atoms. The Morgan fingerprint density at radius 2 is 1.70 bits per heavy atom. The predicted octanol–water partition coefficient (Wildman–Crippen LogP) is 3.64. The Hall–Kier alpha value is -1.74. The van der Waals surface area contributed by atoms with Crippen LogP contribution in [-0.4, -0.2) is 7.05 Å². The summed E-state index contributed by atoms with van der Waals surface area (Å²) in [5.74, 6) is -0.479. The standard InChI is InChI=1S/C17H17F2N/c1-20-17(15-10-14(18)6-7-16(15)19)13-8-11-4-2-3-5-12(11)9-13/h2-7,10,13,17,20H,8-9H2,1H3. The number of halogens is 2. The lowest BCUT2D eigenvalue weighted by Gasteiger charge is -2.24. The zero-order valence-electron chi connectivity index (χ0n) is 11.4. The Morgan fingerprint density at radius 3 is 2.30 bits per heavy atom. The van der Waals surface area contributed by atoms with Crippen LogP contribution in [0.15, 0.2) is 42.5 Å². The van der Waals surface area contributed by atoms with Crippen molar-refractivity contribution < 1.29 is 8.78 Å². The van der Waals surface area contributed by atoms with E-state index in [1.807, 2.05) is 12.1 Å². The summed E-state index contributed by atoms with van der Waals surface area (Å²) in [5, 5.41) is 3.16. The van der Waals surface area contributed by atoms with E-state index in [2.05, 4.69) is 17.4 Å². The van der Waals surface area contributed by atoms with Gasteiger partial charge in [0, 0.05) is 11.6 Å². The number of fused-ring (bicyclic) bond motifs is 1. The molecule has 0 heterocycles. The highest BCUT2D eigenvalue weighted by Crippen LogP contribution is 2.36. The molecule has 0 spiro atoms. The maximum Gasteiger partial charge on any atom is 0.128 e. The lowest BCUT2D eigenvalue weighted by Crippen LogP contribution is -2.26. The number of rotatable bonds is 3. The summed E-state index contributed by atoms with van der Waals surface area (Å²) in [7, 11) is 1.80. The Balaban J connectivity index is 1.91. The van der Waals surface area contributed by atoms with E-state index in [1.165, 1.54) is 23.3 Å². The first-order valence-electron chi connectivity index (χ1n) is 6.88. The van der Waals surface area contributed by atoms with Crippen molar-refractivity contribution in [1.29, 1.82) is 0 Å². The molecule has 1 aliphatic rings. The maximum absolute atomic E-state index is 14.0. The minimum atomic E-state index is -0.392. The average molecular weight is 273 g/mol. The van der Waals surface area contributed by atoms with Gasteiger partial charge in [0.05, 0.1) is 0 Å². The third-order valence-electron chi connectivity index (χ3n) is 4.16. The Labute approximate surface area is 117 Å². The molecule has 104 valence electrons. The van der Waals surface area contributed by atoms with Crippen molar-refractivity contribution in [2.75, 3.05) is 7.05 Å². The van der Waals surface area contributed by atoms with Gasteiger partial charge in [-0.25, -0.2) is 8.78 Å². The molecule has 20 heavy (non-hydrogen) atoms. The molecule has 0 radical (unpaired) electrons. The summed E-state index contributed by atoms with van der Waals surface area (Å²) >= 11 is 0. The molecule has 0 amide bonds. The molecule has 1 nitrogen and oxygen atoms in total. The molecule has 2 aromatic carbocycles. The third kappa shape index (κ3) is 2.34. The predicted molar refractivity (Wildman–Crippen MR) is 75.5 cm³/mol. The fraction of sp³-hybridized carbons (Fsp3) is 0.294. The smallest absolute Gasteiger partial charge is 0.128 e. The van der Waals surface area contributed by atoms with Crippen LogP contribution in [-0.2, 0) is 12.8 Å². The van der Waals surface area contributed by atoms with Gasteiger partial charge in [0.25, 0.3) is 0 Å². The minimum absolute atomic E-state index is 0.168. The first-order chi connectivity index (χ1) is 9.69. The van der Waals surface area contributed by atoms with Crippen LogP contribution < -0.4 is 5.32 Å². The SMILES string of the molecule is CNC(c1cc(F)ccc1F)C1Cc2ccccc2C1. The molecule has 1 unspecified atom stereocenters. The summed E-state index contributed by atoms with van der Waals surface area (Å²) in [6, 6.07) is 11.8. The summed E-state index contributed by atoms with van der Waals surface area (Å²) < 4.78 is 27.4. The molecule has 0 aromatic heterocycles. The molecule has 3 rings (SSSR count). The van der Waals surface area contributed by atoms with Crippen molar-refractivity contribution in [3.8, 4) is 0 Å². The van der Waals surface area contributed by atoms with Crippen molar-refractivity contribution in [2.45, 2.75) is 18.9 Å².